The van der Waals surface area contributed by atoms with Crippen LogP contribution >= 0.6 is 0 Å². The lowest BCUT2D eigenvalue weighted by Crippen LogP contribution is -2.56. The topological polar surface area (TPSA) is 131 Å². The number of unbranched alkanes of at least 4 members (excludes halogenated alkanes) is 1. The molecule has 9 nitrogen and oxygen atoms in total. The number of hydrogen-bond donors (Lipinski definition) is 3. The van der Waals surface area contributed by atoms with Crippen LogP contribution in [-0.2, 0) is 30.3 Å². The maximum atomic E-state index is 13.0. The van der Waals surface area contributed by atoms with Gasteiger partial charge in [0.05, 0.1) is 6.61 Å². The molecule has 188 valence electrons. The Bertz CT molecular complexity index is 1060. The Labute approximate surface area is 205 Å². The minimum Gasteiger partial charge on any atom is -0.368 e. The SMILES string of the molecule is CC(=O)NCCCCC(NC(=O)C1CCOCN1C(=O)CCc1ccc2ccccc2c1)C(N)=O. The van der Waals surface area contributed by atoms with Crippen molar-refractivity contribution in [1.29, 1.82) is 0 Å². The fraction of sp³-hybridized carbons (Fsp3) is 0.462. The predicted octanol–water partition coefficient (Wildman–Crippen LogP) is 1.62. The molecule has 4 N–H and O–H groups in total. The standard InChI is InChI=1S/C26H34N4O5/c1-18(31)28-14-5-4-8-22(25(27)33)29-26(34)23-13-15-35-17-30(23)24(32)12-10-19-9-11-20-6-2-3-7-21(20)16-19/h2-3,6-7,9,11,16,22-23H,4-5,8,10,12-15,17H2,1H3,(H2,27,33)(H,28,31)(H,29,34). The summed E-state index contributed by atoms with van der Waals surface area (Å²) < 4.78 is 5.46. The number of amides is 4. The van der Waals surface area contributed by atoms with E-state index in [2.05, 4.69) is 16.7 Å². The van der Waals surface area contributed by atoms with E-state index in [9.17, 15) is 19.2 Å². The van der Waals surface area contributed by atoms with Gasteiger partial charge >= 0.3 is 0 Å². The summed E-state index contributed by atoms with van der Waals surface area (Å²) in [6.07, 6.45) is 2.77. The summed E-state index contributed by atoms with van der Waals surface area (Å²) >= 11 is 0. The number of rotatable bonds is 11. The molecule has 35 heavy (non-hydrogen) atoms. The van der Waals surface area contributed by atoms with Crippen molar-refractivity contribution in [2.45, 2.75) is 57.5 Å². The van der Waals surface area contributed by atoms with Crippen molar-refractivity contribution in [3.05, 3.63) is 48.0 Å². The average molecular weight is 483 g/mol. The molecule has 1 heterocycles. The quantitative estimate of drug-likeness (QED) is 0.419. The van der Waals surface area contributed by atoms with E-state index in [1.54, 1.807) is 0 Å². The van der Waals surface area contributed by atoms with Crippen molar-refractivity contribution in [3.8, 4) is 0 Å². The van der Waals surface area contributed by atoms with Gasteiger partial charge in [-0.25, -0.2) is 0 Å². The number of ether oxygens (including phenoxy) is 1. The van der Waals surface area contributed by atoms with Crippen molar-refractivity contribution in [3.63, 3.8) is 0 Å². The van der Waals surface area contributed by atoms with E-state index in [1.165, 1.54) is 11.8 Å². The number of fused-ring (bicyclic) bond motifs is 1. The van der Waals surface area contributed by atoms with Crippen LogP contribution in [0.2, 0.25) is 0 Å². The monoisotopic (exact) mass is 482 g/mol. The average Bonchev–Trinajstić information content (AvgIpc) is 2.85. The summed E-state index contributed by atoms with van der Waals surface area (Å²) in [5.74, 6) is -1.32. The van der Waals surface area contributed by atoms with E-state index in [1.807, 2.05) is 36.4 Å². The van der Waals surface area contributed by atoms with E-state index in [4.69, 9.17) is 10.5 Å². The van der Waals surface area contributed by atoms with E-state index >= 15 is 0 Å². The van der Waals surface area contributed by atoms with Gasteiger partial charge in [-0.3, -0.25) is 19.2 Å². The van der Waals surface area contributed by atoms with E-state index < -0.39 is 23.9 Å². The highest BCUT2D eigenvalue weighted by atomic mass is 16.5. The minimum absolute atomic E-state index is 0.0343. The van der Waals surface area contributed by atoms with Gasteiger partial charge in [-0.1, -0.05) is 42.5 Å². The van der Waals surface area contributed by atoms with Crippen molar-refractivity contribution in [1.82, 2.24) is 15.5 Å². The maximum Gasteiger partial charge on any atom is 0.243 e. The molecule has 0 radical (unpaired) electrons. The van der Waals surface area contributed by atoms with Crippen LogP contribution in [0, 0.1) is 0 Å². The van der Waals surface area contributed by atoms with Gasteiger partial charge in [0.15, 0.2) is 0 Å². The van der Waals surface area contributed by atoms with Gasteiger partial charge in [0.25, 0.3) is 0 Å². The van der Waals surface area contributed by atoms with Crippen LogP contribution in [-0.4, -0.2) is 60.5 Å². The summed E-state index contributed by atoms with van der Waals surface area (Å²) in [6.45, 7) is 2.32. The number of primary amides is 1. The van der Waals surface area contributed by atoms with E-state index in [0.717, 1.165) is 16.3 Å². The molecule has 1 fully saturated rings. The smallest absolute Gasteiger partial charge is 0.243 e. The number of hydrogen-bond acceptors (Lipinski definition) is 5. The molecule has 1 saturated heterocycles. The fourth-order valence-electron chi connectivity index (χ4n) is 4.20. The normalized spacial score (nSPS) is 16.5. The van der Waals surface area contributed by atoms with E-state index in [0.29, 0.717) is 45.3 Å². The van der Waals surface area contributed by atoms with E-state index in [-0.39, 0.29) is 25.0 Å². The Morgan fingerprint density at radius 3 is 2.63 bits per heavy atom. The number of carbonyl (C=O) groups is 4. The minimum atomic E-state index is -0.836. The van der Waals surface area contributed by atoms with Crippen LogP contribution < -0.4 is 16.4 Å². The number of benzene rings is 2. The summed E-state index contributed by atoms with van der Waals surface area (Å²) in [5, 5.41) is 7.66. The van der Waals surface area contributed by atoms with Crippen molar-refractivity contribution < 1.29 is 23.9 Å². The molecule has 3 rings (SSSR count). The summed E-state index contributed by atoms with van der Waals surface area (Å²) in [5.41, 5.74) is 6.54. The molecule has 1 aliphatic rings. The summed E-state index contributed by atoms with van der Waals surface area (Å²) in [6, 6.07) is 12.6. The Morgan fingerprint density at radius 1 is 1.11 bits per heavy atom. The molecule has 4 amide bonds. The number of nitrogens with zero attached hydrogens (tertiary/aromatic N) is 1. The maximum absolute atomic E-state index is 13.0. The second-order valence-electron chi connectivity index (χ2n) is 8.83. The van der Waals surface area contributed by atoms with Gasteiger partial charge in [-0.2, -0.15) is 0 Å². The lowest BCUT2D eigenvalue weighted by Gasteiger charge is -2.35. The molecule has 0 aliphatic carbocycles. The third-order valence-corrected chi connectivity index (χ3v) is 6.16. The first-order valence-corrected chi connectivity index (χ1v) is 12.0. The van der Waals surface area contributed by atoms with Gasteiger partial charge in [-0.05, 0) is 42.0 Å². The molecule has 2 atom stereocenters. The van der Waals surface area contributed by atoms with Gasteiger partial charge in [-0.15, -0.1) is 0 Å². The molecule has 0 saturated carbocycles. The molecular weight excluding hydrogens is 448 g/mol. The third-order valence-electron chi connectivity index (χ3n) is 6.16. The summed E-state index contributed by atoms with van der Waals surface area (Å²) in [4.78, 5) is 50.3. The highest BCUT2D eigenvalue weighted by Crippen LogP contribution is 2.19. The van der Waals surface area contributed by atoms with Gasteiger partial charge < -0.3 is 26.0 Å². The van der Waals surface area contributed by atoms with Crippen molar-refractivity contribution in [2.75, 3.05) is 19.9 Å². The second kappa shape index (κ2) is 12.9. The number of carbonyl (C=O) groups excluding carboxylic acids is 4. The molecule has 2 unspecified atom stereocenters. The zero-order chi connectivity index (χ0) is 25.2. The largest absolute Gasteiger partial charge is 0.368 e. The molecule has 2 aromatic rings. The Morgan fingerprint density at radius 2 is 1.89 bits per heavy atom. The fourth-order valence-corrected chi connectivity index (χ4v) is 4.20. The lowest BCUT2D eigenvalue weighted by molar-refractivity contribution is -0.154. The number of nitrogens with one attached hydrogen (secondary N) is 2. The van der Waals surface area contributed by atoms with Crippen molar-refractivity contribution >= 4 is 34.4 Å². The van der Waals surface area contributed by atoms with Crippen LogP contribution in [0.1, 0.15) is 44.6 Å². The highest BCUT2D eigenvalue weighted by molar-refractivity contribution is 5.91. The van der Waals surface area contributed by atoms with Crippen LogP contribution in [0.25, 0.3) is 10.8 Å². The van der Waals surface area contributed by atoms with Gasteiger partial charge in [0.2, 0.25) is 23.6 Å². The van der Waals surface area contributed by atoms with Crippen LogP contribution in [0.5, 0.6) is 0 Å². The molecule has 0 spiro atoms. The molecule has 2 aromatic carbocycles. The zero-order valence-corrected chi connectivity index (χ0v) is 20.1. The second-order valence-corrected chi connectivity index (χ2v) is 8.83. The molecule has 0 bridgehead atoms. The zero-order valence-electron chi connectivity index (χ0n) is 20.1. The lowest BCUT2D eigenvalue weighted by atomic mass is 10.0. The van der Waals surface area contributed by atoms with Crippen LogP contribution in [0.3, 0.4) is 0 Å². The highest BCUT2D eigenvalue weighted by Gasteiger charge is 2.34. The first kappa shape index (κ1) is 26.2. The predicted molar refractivity (Wildman–Crippen MR) is 132 cm³/mol. The van der Waals surface area contributed by atoms with Gasteiger partial charge in [0.1, 0.15) is 18.8 Å². The Kier molecular flexibility index (Phi) is 9.60. The molecule has 0 aromatic heterocycles. The third kappa shape index (κ3) is 7.78. The Hall–Kier alpha value is -3.46. The van der Waals surface area contributed by atoms with Crippen LogP contribution in [0.4, 0.5) is 0 Å². The van der Waals surface area contributed by atoms with Gasteiger partial charge in [0, 0.05) is 26.3 Å². The Balaban J connectivity index is 1.55. The molecule has 9 heteroatoms. The molecular formula is C26H34N4O5. The first-order chi connectivity index (χ1) is 16.8. The van der Waals surface area contributed by atoms with Crippen LogP contribution in [0.15, 0.2) is 42.5 Å². The number of nitrogens with two attached hydrogens (primary N) is 1. The van der Waals surface area contributed by atoms with Crippen molar-refractivity contribution in [2.24, 2.45) is 5.73 Å². The summed E-state index contributed by atoms with van der Waals surface area (Å²) in [7, 11) is 0. The number of aryl methyl sites for hydroxylation is 1. The first-order valence-electron chi connectivity index (χ1n) is 12.0. The molecule has 1 aliphatic heterocycles.